The number of hydrogen-bond donors (Lipinski definition) is 0. The molecule has 5 heteroatoms. The fourth-order valence-corrected chi connectivity index (χ4v) is 2.66. The molecule has 90 valence electrons. The molecule has 0 unspecified atom stereocenters. The fourth-order valence-electron chi connectivity index (χ4n) is 1.62. The molecule has 2 rings (SSSR count). The molecule has 2 aromatic rings. The van der Waals surface area contributed by atoms with Crippen molar-refractivity contribution in [3.63, 3.8) is 0 Å². The highest BCUT2D eigenvalue weighted by Crippen LogP contribution is 2.33. The van der Waals surface area contributed by atoms with Crippen molar-refractivity contribution in [1.29, 1.82) is 0 Å². The van der Waals surface area contributed by atoms with Gasteiger partial charge in [-0.15, -0.1) is 11.3 Å². The van der Waals surface area contributed by atoms with Crippen molar-refractivity contribution in [3.05, 3.63) is 28.5 Å². The van der Waals surface area contributed by atoms with Crippen LogP contribution in [0, 0.1) is 13.8 Å². The van der Waals surface area contributed by atoms with E-state index in [1.807, 2.05) is 19.9 Å². The van der Waals surface area contributed by atoms with Crippen molar-refractivity contribution in [2.24, 2.45) is 0 Å². The van der Waals surface area contributed by atoms with Crippen LogP contribution in [0.2, 0.25) is 0 Å². The molecular formula is C12H13NO3S. The first-order valence-corrected chi connectivity index (χ1v) is 6.15. The summed E-state index contributed by atoms with van der Waals surface area (Å²) in [5.74, 6) is 0.482. The van der Waals surface area contributed by atoms with E-state index in [1.54, 1.807) is 13.0 Å². The summed E-state index contributed by atoms with van der Waals surface area (Å²) in [7, 11) is 0. The Balaban J connectivity index is 2.33. The molecule has 0 aliphatic rings. The summed E-state index contributed by atoms with van der Waals surface area (Å²) in [5, 5.41) is 3.90. The second-order valence-electron chi connectivity index (χ2n) is 3.58. The SMILES string of the molecule is CCOC(=O)c1ccc(-c2c(C)noc2C)s1. The van der Waals surface area contributed by atoms with Gasteiger partial charge in [0.25, 0.3) is 0 Å². The van der Waals surface area contributed by atoms with Gasteiger partial charge in [-0.2, -0.15) is 0 Å². The summed E-state index contributed by atoms with van der Waals surface area (Å²) in [6.45, 7) is 5.92. The summed E-state index contributed by atoms with van der Waals surface area (Å²) < 4.78 is 10.1. The molecule has 0 saturated heterocycles. The summed E-state index contributed by atoms with van der Waals surface area (Å²) in [6.07, 6.45) is 0. The van der Waals surface area contributed by atoms with Crippen molar-refractivity contribution < 1.29 is 14.1 Å². The molecule has 0 N–H and O–H groups in total. The van der Waals surface area contributed by atoms with E-state index in [0.29, 0.717) is 11.5 Å². The molecule has 2 aromatic heterocycles. The van der Waals surface area contributed by atoms with Gasteiger partial charge in [0.15, 0.2) is 0 Å². The molecule has 0 atom stereocenters. The van der Waals surface area contributed by atoms with E-state index in [2.05, 4.69) is 5.16 Å². The van der Waals surface area contributed by atoms with E-state index in [0.717, 1.165) is 21.9 Å². The van der Waals surface area contributed by atoms with Crippen LogP contribution in [0.15, 0.2) is 16.7 Å². The van der Waals surface area contributed by atoms with Crippen LogP contribution in [0.4, 0.5) is 0 Å². The van der Waals surface area contributed by atoms with Crippen LogP contribution < -0.4 is 0 Å². The zero-order valence-corrected chi connectivity index (χ0v) is 10.8. The van der Waals surface area contributed by atoms with Crippen LogP contribution >= 0.6 is 11.3 Å². The minimum absolute atomic E-state index is 0.282. The third-order valence-electron chi connectivity index (χ3n) is 2.36. The smallest absolute Gasteiger partial charge is 0.348 e. The molecule has 0 bridgehead atoms. The predicted octanol–water partition coefficient (Wildman–Crippen LogP) is 3.20. The zero-order valence-electron chi connectivity index (χ0n) is 9.94. The number of thiophene rings is 1. The van der Waals surface area contributed by atoms with Crippen LogP contribution in [-0.2, 0) is 4.74 Å². The maximum absolute atomic E-state index is 11.5. The zero-order chi connectivity index (χ0) is 12.4. The van der Waals surface area contributed by atoms with Gasteiger partial charge in [-0.05, 0) is 32.9 Å². The van der Waals surface area contributed by atoms with Crippen LogP contribution in [0.25, 0.3) is 10.4 Å². The number of rotatable bonds is 3. The first-order chi connectivity index (χ1) is 8.13. The number of carbonyl (C=O) groups is 1. The van der Waals surface area contributed by atoms with Gasteiger partial charge >= 0.3 is 5.97 Å². The summed E-state index contributed by atoms with van der Waals surface area (Å²) >= 11 is 1.39. The van der Waals surface area contributed by atoms with Crippen LogP contribution in [0.3, 0.4) is 0 Å². The van der Waals surface area contributed by atoms with E-state index >= 15 is 0 Å². The van der Waals surface area contributed by atoms with Crippen LogP contribution in [0.1, 0.15) is 28.0 Å². The van der Waals surface area contributed by atoms with E-state index in [4.69, 9.17) is 9.26 Å². The standard InChI is InChI=1S/C12H13NO3S/c1-4-15-12(14)10-6-5-9(17-10)11-7(2)13-16-8(11)3/h5-6H,4H2,1-3H3. The van der Waals surface area contributed by atoms with Crippen molar-refractivity contribution in [1.82, 2.24) is 5.16 Å². The Hall–Kier alpha value is -1.62. The number of nitrogens with zero attached hydrogens (tertiary/aromatic N) is 1. The fraction of sp³-hybridized carbons (Fsp3) is 0.333. The van der Waals surface area contributed by atoms with Crippen molar-refractivity contribution >= 4 is 17.3 Å². The Kier molecular flexibility index (Phi) is 3.28. The summed E-state index contributed by atoms with van der Waals surface area (Å²) in [4.78, 5) is 13.1. The Bertz CT molecular complexity index is 522. The van der Waals surface area contributed by atoms with Gasteiger partial charge in [0, 0.05) is 4.88 Å². The molecule has 0 saturated carbocycles. The molecular weight excluding hydrogens is 238 g/mol. The third-order valence-corrected chi connectivity index (χ3v) is 3.45. The van der Waals surface area contributed by atoms with Gasteiger partial charge in [-0.3, -0.25) is 0 Å². The van der Waals surface area contributed by atoms with Crippen molar-refractivity contribution in [2.45, 2.75) is 20.8 Å². The molecule has 0 amide bonds. The monoisotopic (exact) mass is 251 g/mol. The lowest BCUT2D eigenvalue weighted by atomic mass is 10.2. The molecule has 0 aliphatic carbocycles. The van der Waals surface area contributed by atoms with Gasteiger partial charge in [0.05, 0.1) is 17.9 Å². The molecule has 2 heterocycles. The predicted molar refractivity (Wildman–Crippen MR) is 65.2 cm³/mol. The molecule has 0 radical (unpaired) electrons. The number of aryl methyl sites for hydroxylation is 2. The van der Waals surface area contributed by atoms with Gasteiger partial charge in [0.1, 0.15) is 10.6 Å². The highest BCUT2D eigenvalue weighted by atomic mass is 32.1. The van der Waals surface area contributed by atoms with Crippen LogP contribution in [-0.4, -0.2) is 17.7 Å². The third kappa shape index (κ3) is 2.24. The topological polar surface area (TPSA) is 52.3 Å². The quantitative estimate of drug-likeness (QED) is 0.786. The molecule has 0 aliphatic heterocycles. The summed E-state index contributed by atoms with van der Waals surface area (Å²) in [6, 6.07) is 3.66. The lowest BCUT2D eigenvalue weighted by molar-refractivity contribution is 0.0532. The highest BCUT2D eigenvalue weighted by Gasteiger charge is 2.16. The minimum atomic E-state index is -0.282. The van der Waals surface area contributed by atoms with E-state index < -0.39 is 0 Å². The number of aromatic nitrogens is 1. The lowest BCUT2D eigenvalue weighted by Gasteiger charge is -1.97. The molecule has 0 fully saturated rings. The average molecular weight is 251 g/mol. The maximum atomic E-state index is 11.5. The van der Waals surface area contributed by atoms with Crippen molar-refractivity contribution in [2.75, 3.05) is 6.61 Å². The Morgan fingerprint density at radius 1 is 1.47 bits per heavy atom. The second-order valence-corrected chi connectivity index (χ2v) is 4.67. The molecule has 0 spiro atoms. The maximum Gasteiger partial charge on any atom is 0.348 e. The van der Waals surface area contributed by atoms with Gasteiger partial charge in [0.2, 0.25) is 0 Å². The molecule has 17 heavy (non-hydrogen) atoms. The largest absolute Gasteiger partial charge is 0.462 e. The van der Waals surface area contributed by atoms with E-state index in [9.17, 15) is 4.79 Å². The Labute approximate surface area is 103 Å². The number of hydrogen-bond acceptors (Lipinski definition) is 5. The lowest BCUT2D eigenvalue weighted by Crippen LogP contribution is -2.01. The van der Waals surface area contributed by atoms with E-state index in [1.165, 1.54) is 11.3 Å². The minimum Gasteiger partial charge on any atom is -0.462 e. The Morgan fingerprint density at radius 3 is 2.82 bits per heavy atom. The second kappa shape index (κ2) is 4.71. The molecule has 4 nitrogen and oxygen atoms in total. The number of carbonyl (C=O) groups excluding carboxylic acids is 1. The highest BCUT2D eigenvalue weighted by molar-refractivity contribution is 7.17. The average Bonchev–Trinajstić information content (AvgIpc) is 2.86. The number of esters is 1. The Morgan fingerprint density at radius 2 is 2.24 bits per heavy atom. The first-order valence-electron chi connectivity index (χ1n) is 5.33. The molecule has 0 aromatic carbocycles. The first kappa shape index (κ1) is 11.9. The van der Waals surface area contributed by atoms with Gasteiger partial charge < -0.3 is 9.26 Å². The normalized spacial score (nSPS) is 10.5. The summed E-state index contributed by atoms with van der Waals surface area (Å²) in [5.41, 5.74) is 1.80. The van der Waals surface area contributed by atoms with Gasteiger partial charge in [-0.1, -0.05) is 5.16 Å². The van der Waals surface area contributed by atoms with Crippen LogP contribution in [0.5, 0.6) is 0 Å². The number of ether oxygens (including phenoxy) is 1. The van der Waals surface area contributed by atoms with E-state index in [-0.39, 0.29) is 5.97 Å². The van der Waals surface area contributed by atoms with Gasteiger partial charge in [-0.25, -0.2) is 4.79 Å². The van der Waals surface area contributed by atoms with Crippen molar-refractivity contribution in [3.8, 4) is 10.4 Å².